The summed E-state index contributed by atoms with van der Waals surface area (Å²) in [4.78, 5) is 5.16. The van der Waals surface area contributed by atoms with Crippen molar-refractivity contribution in [3.63, 3.8) is 0 Å². The lowest BCUT2D eigenvalue weighted by Crippen LogP contribution is -2.30. The molecule has 0 atom stereocenters. The van der Waals surface area contributed by atoms with Crippen molar-refractivity contribution in [3.05, 3.63) is 58.7 Å². The lowest BCUT2D eigenvalue weighted by molar-refractivity contribution is 0.128. The van der Waals surface area contributed by atoms with Gasteiger partial charge in [-0.2, -0.15) is 0 Å². The van der Waals surface area contributed by atoms with Gasteiger partial charge < -0.3 is 9.47 Å². The van der Waals surface area contributed by atoms with Gasteiger partial charge in [-0.1, -0.05) is 30.3 Å². The van der Waals surface area contributed by atoms with Crippen molar-refractivity contribution in [2.75, 3.05) is 0 Å². The molecule has 2 aliphatic heterocycles. The van der Waals surface area contributed by atoms with Crippen LogP contribution in [0.25, 0.3) is 0 Å². The second-order valence-electron chi connectivity index (χ2n) is 9.24. The second-order valence-corrected chi connectivity index (χ2v) is 9.24. The van der Waals surface area contributed by atoms with Gasteiger partial charge in [0.1, 0.15) is 5.60 Å². The molecule has 3 heteroatoms. The Morgan fingerprint density at radius 1 is 1.04 bits per heavy atom. The van der Waals surface area contributed by atoms with Crippen LogP contribution in [0, 0.1) is 0 Å². The summed E-state index contributed by atoms with van der Waals surface area (Å²) in [7, 11) is 0. The second kappa shape index (κ2) is 6.12. The summed E-state index contributed by atoms with van der Waals surface area (Å²) in [6.45, 7) is 12.8. The molecule has 0 aromatic heterocycles. The van der Waals surface area contributed by atoms with E-state index in [2.05, 4.69) is 77.9 Å². The van der Waals surface area contributed by atoms with Crippen LogP contribution in [0.1, 0.15) is 63.8 Å². The number of ether oxygens (including phenoxy) is 2. The van der Waals surface area contributed by atoms with Gasteiger partial charge in [-0.15, -0.1) is 0 Å². The van der Waals surface area contributed by atoms with Crippen molar-refractivity contribution < 1.29 is 9.47 Å². The predicted molar refractivity (Wildman–Crippen MR) is 110 cm³/mol. The van der Waals surface area contributed by atoms with E-state index in [-0.39, 0.29) is 17.2 Å². The van der Waals surface area contributed by atoms with E-state index in [4.69, 9.17) is 14.5 Å². The van der Waals surface area contributed by atoms with Crippen LogP contribution < -0.4 is 9.47 Å². The maximum absolute atomic E-state index is 6.35. The molecule has 3 nitrogen and oxygen atoms in total. The highest BCUT2D eigenvalue weighted by molar-refractivity contribution is 6.16. The molecule has 0 fully saturated rings. The minimum atomic E-state index is -0.235. The summed E-state index contributed by atoms with van der Waals surface area (Å²) in [6, 6.07) is 12.7. The molecule has 4 rings (SSSR count). The van der Waals surface area contributed by atoms with Crippen molar-refractivity contribution in [1.82, 2.24) is 0 Å². The standard InChI is InChI=1S/C24H29NO2/c1-15(2)26-19-12-17-13-23(3,4)25-21(16-10-8-7-9-11-16)20(17)18-14-24(5,6)27-22(18)19/h7-12,15H,13-14H2,1-6H3. The molecule has 0 amide bonds. The summed E-state index contributed by atoms with van der Waals surface area (Å²) in [5.41, 5.74) is 5.66. The number of benzene rings is 2. The van der Waals surface area contributed by atoms with Gasteiger partial charge in [0.25, 0.3) is 0 Å². The summed E-state index contributed by atoms with van der Waals surface area (Å²) >= 11 is 0. The molecule has 0 aliphatic carbocycles. The molecule has 0 radical (unpaired) electrons. The summed E-state index contributed by atoms with van der Waals surface area (Å²) in [6.07, 6.45) is 1.88. The SMILES string of the molecule is CC(C)Oc1cc2c(c3c1OC(C)(C)C3)C(c1ccccc1)=NC(C)(C)C2. The van der Waals surface area contributed by atoms with Gasteiger partial charge in [0.2, 0.25) is 0 Å². The largest absolute Gasteiger partial charge is 0.487 e. The van der Waals surface area contributed by atoms with Gasteiger partial charge in [-0.25, -0.2) is 0 Å². The van der Waals surface area contributed by atoms with Crippen LogP contribution in [-0.4, -0.2) is 23.0 Å². The molecular weight excluding hydrogens is 334 g/mol. The van der Waals surface area contributed by atoms with Gasteiger partial charge in [0.05, 0.1) is 17.4 Å². The zero-order valence-electron chi connectivity index (χ0n) is 17.2. The Balaban J connectivity index is 1.97. The van der Waals surface area contributed by atoms with Gasteiger partial charge in [-0.05, 0) is 59.6 Å². The highest BCUT2D eigenvalue weighted by atomic mass is 16.5. The van der Waals surface area contributed by atoms with Gasteiger partial charge >= 0.3 is 0 Å². The summed E-state index contributed by atoms with van der Waals surface area (Å²) in [5.74, 6) is 1.77. The van der Waals surface area contributed by atoms with Crippen LogP contribution in [0.2, 0.25) is 0 Å². The fourth-order valence-electron chi connectivity index (χ4n) is 4.22. The molecule has 0 saturated heterocycles. The minimum Gasteiger partial charge on any atom is -0.487 e. The lowest BCUT2D eigenvalue weighted by atomic mass is 9.81. The van der Waals surface area contributed by atoms with Crippen LogP contribution in [0.15, 0.2) is 41.4 Å². The van der Waals surface area contributed by atoms with Crippen LogP contribution in [0.4, 0.5) is 0 Å². The van der Waals surface area contributed by atoms with E-state index in [1.807, 2.05) is 0 Å². The smallest absolute Gasteiger partial charge is 0.166 e. The Kier molecular flexibility index (Phi) is 4.10. The Bertz CT molecular complexity index is 908. The zero-order valence-corrected chi connectivity index (χ0v) is 17.2. The number of fused-ring (bicyclic) bond motifs is 3. The van der Waals surface area contributed by atoms with E-state index in [0.717, 1.165) is 35.6 Å². The molecule has 2 aromatic carbocycles. The maximum Gasteiger partial charge on any atom is 0.166 e. The Labute approximate surface area is 162 Å². The normalized spacial score (nSPS) is 19.1. The third-order valence-corrected chi connectivity index (χ3v) is 5.09. The topological polar surface area (TPSA) is 30.8 Å². The number of hydrogen-bond acceptors (Lipinski definition) is 3. The molecule has 0 saturated carbocycles. The Hall–Kier alpha value is -2.29. The number of rotatable bonds is 3. The predicted octanol–water partition coefficient (Wildman–Crippen LogP) is 5.36. The summed E-state index contributed by atoms with van der Waals surface area (Å²) < 4.78 is 12.5. The van der Waals surface area contributed by atoms with E-state index < -0.39 is 0 Å². The van der Waals surface area contributed by atoms with Crippen molar-refractivity contribution in [3.8, 4) is 11.5 Å². The molecule has 0 unspecified atom stereocenters. The first-order chi connectivity index (χ1) is 12.7. The molecule has 0 N–H and O–H groups in total. The fraction of sp³-hybridized carbons (Fsp3) is 0.458. The number of nitrogens with zero attached hydrogens (tertiary/aromatic N) is 1. The zero-order chi connectivity index (χ0) is 19.4. The van der Waals surface area contributed by atoms with Crippen LogP contribution in [0.3, 0.4) is 0 Å². The third kappa shape index (κ3) is 3.36. The molecule has 2 heterocycles. The molecule has 2 aliphatic rings. The first-order valence-electron chi connectivity index (χ1n) is 9.85. The molecule has 0 spiro atoms. The quantitative estimate of drug-likeness (QED) is 0.735. The van der Waals surface area contributed by atoms with Crippen LogP contribution in [0.5, 0.6) is 11.5 Å². The van der Waals surface area contributed by atoms with Crippen molar-refractivity contribution in [2.45, 2.75) is 71.6 Å². The van der Waals surface area contributed by atoms with Crippen LogP contribution in [-0.2, 0) is 12.8 Å². The first kappa shape index (κ1) is 18.1. The molecule has 142 valence electrons. The minimum absolute atomic E-state index is 0.110. The van der Waals surface area contributed by atoms with E-state index >= 15 is 0 Å². The van der Waals surface area contributed by atoms with Crippen molar-refractivity contribution in [2.24, 2.45) is 4.99 Å². The van der Waals surface area contributed by atoms with Crippen LogP contribution >= 0.6 is 0 Å². The van der Waals surface area contributed by atoms with Gasteiger partial charge in [0.15, 0.2) is 11.5 Å². The molecule has 27 heavy (non-hydrogen) atoms. The molecule has 0 bridgehead atoms. The lowest BCUT2D eigenvalue weighted by Gasteiger charge is -2.31. The Morgan fingerprint density at radius 3 is 2.41 bits per heavy atom. The van der Waals surface area contributed by atoms with E-state index in [1.54, 1.807) is 0 Å². The van der Waals surface area contributed by atoms with Crippen molar-refractivity contribution >= 4 is 5.71 Å². The third-order valence-electron chi connectivity index (χ3n) is 5.09. The average Bonchev–Trinajstić information content (AvgIpc) is 2.89. The van der Waals surface area contributed by atoms with E-state index in [1.165, 1.54) is 16.7 Å². The van der Waals surface area contributed by atoms with Crippen molar-refractivity contribution in [1.29, 1.82) is 0 Å². The summed E-state index contributed by atoms with van der Waals surface area (Å²) in [5, 5.41) is 0. The number of aliphatic imine (C=N–C) groups is 1. The van der Waals surface area contributed by atoms with Gasteiger partial charge in [0, 0.05) is 23.1 Å². The maximum atomic E-state index is 6.35. The highest BCUT2D eigenvalue weighted by Gasteiger charge is 2.39. The highest BCUT2D eigenvalue weighted by Crippen LogP contribution is 2.48. The van der Waals surface area contributed by atoms with E-state index in [0.29, 0.717) is 0 Å². The van der Waals surface area contributed by atoms with Gasteiger partial charge in [-0.3, -0.25) is 4.99 Å². The van der Waals surface area contributed by atoms with E-state index in [9.17, 15) is 0 Å². The fourth-order valence-corrected chi connectivity index (χ4v) is 4.22. The Morgan fingerprint density at radius 2 is 1.74 bits per heavy atom. The number of hydrogen-bond donors (Lipinski definition) is 0. The molecule has 2 aromatic rings. The molecular formula is C24H29NO2. The average molecular weight is 364 g/mol. The first-order valence-corrected chi connectivity index (χ1v) is 9.85. The monoisotopic (exact) mass is 363 g/mol.